The number of pyridine rings is 1. The van der Waals surface area contributed by atoms with Gasteiger partial charge in [0, 0.05) is 37.6 Å². The molecule has 2 aromatic rings. The standard InChI is InChI=1S/C20H27N5O/c26-19(16-23-10-3-4-11-23)24-12-5-6-17(14-24)20-22-9-13-25(20)15-18-7-1-2-8-21-18/h1-2,7-9,13,17H,3-6,10-12,14-16H2/t17-/m0/s1. The Morgan fingerprint density at radius 2 is 1.96 bits per heavy atom. The first kappa shape index (κ1) is 17.2. The Labute approximate surface area is 154 Å². The molecule has 2 aromatic heterocycles. The van der Waals surface area contributed by atoms with E-state index in [4.69, 9.17) is 0 Å². The summed E-state index contributed by atoms with van der Waals surface area (Å²) in [7, 11) is 0. The molecule has 0 radical (unpaired) electrons. The second-order valence-electron chi connectivity index (χ2n) is 7.40. The molecular formula is C20H27N5O. The lowest BCUT2D eigenvalue weighted by molar-refractivity contribution is -0.133. The van der Waals surface area contributed by atoms with Crippen LogP contribution in [0.5, 0.6) is 0 Å². The molecule has 4 heterocycles. The number of carbonyl (C=O) groups is 1. The van der Waals surface area contributed by atoms with Gasteiger partial charge in [0.05, 0.1) is 18.8 Å². The third kappa shape index (κ3) is 3.96. The first-order valence-corrected chi connectivity index (χ1v) is 9.70. The summed E-state index contributed by atoms with van der Waals surface area (Å²) in [5.74, 6) is 1.67. The van der Waals surface area contributed by atoms with Crippen molar-refractivity contribution in [2.24, 2.45) is 0 Å². The highest BCUT2D eigenvalue weighted by Crippen LogP contribution is 2.26. The van der Waals surface area contributed by atoms with Crippen LogP contribution in [0.25, 0.3) is 0 Å². The smallest absolute Gasteiger partial charge is 0.236 e. The topological polar surface area (TPSA) is 54.3 Å². The molecule has 2 saturated heterocycles. The zero-order valence-electron chi connectivity index (χ0n) is 15.3. The fourth-order valence-electron chi connectivity index (χ4n) is 4.13. The predicted molar refractivity (Wildman–Crippen MR) is 99.8 cm³/mol. The van der Waals surface area contributed by atoms with E-state index < -0.39 is 0 Å². The zero-order chi connectivity index (χ0) is 17.8. The monoisotopic (exact) mass is 353 g/mol. The lowest BCUT2D eigenvalue weighted by atomic mass is 9.97. The number of rotatable bonds is 5. The molecule has 0 spiro atoms. The minimum Gasteiger partial charge on any atom is -0.341 e. The number of amides is 1. The zero-order valence-corrected chi connectivity index (χ0v) is 15.3. The van der Waals surface area contributed by atoms with E-state index >= 15 is 0 Å². The predicted octanol–water partition coefficient (Wildman–Crippen LogP) is 2.13. The molecule has 0 unspecified atom stereocenters. The Bertz CT molecular complexity index is 723. The molecule has 6 heteroatoms. The van der Waals surface area contributed by atoms with Gasteiger partial charge >= 0.3 is 0 Å². The Balaban J connectivity index is 1.41. The van der Waals surface area contributed by atoms with Crippen molar-refractivity contribution in [2.45, 2.75) is 38.1 Å². The van der Waals surface area contributed by atoms with Crippen LogP contribution < -0.4 is 0 Å². The summed E-state index contributed by atoms with van der Waals surface area (Å²) in [6, 6.07) is 5.98. The van der Waals surface area contributed by atoms with Crippen molar-refractivity contribution in [3.05, 3.63) is 48.3 Å². The molecule has 0 aliphatic carbocycles. The lowest BCUT2D eigenvalue weighted by Gasteiger charge is -2.33. The highest BCUT2D eigenvalue weighted by atomic mass is 16.2. The van der Waals surface area contributed by atoms with Crippen molar-refractivity contribution >= 4 is 5.91 Å². The van der Waals surface area contributed by atoms with E-state index in [1.54, 1.807) is 0 Å². The normalized spacial score (nSPS) is 21.2. The van der Waals surface area contributed by atoms with Crippen molar-refractivity contribution in [3.8, 4) is 0 Å². The maximum Gasteiger partial charge on any atom is 0.236 e. The molecule has 0 saturated carbocycles. The van der Waals surface area contributed by atoms with E-state index in [1.165, 1.54) is 12.8 Å². The molecule has 2 fully saturated rings. The quantitative estimate of drug-likeness (QED) is 0.826. The van der Waals surface area contributed by atoms with Crippen LogP contribution in [0, 0.1) is 0 Å². The SMILES string of the molecule is O=C(CN1CCCC1)N1CCC[C@H](c2nccn2Cc2ccccn2)C1. The minimum atomic E-state index is 0.277. The summed E-state index contributed by atoms with van der Waals surface area (Å²) < 4.78 is 2.18. The van der Waals surface area contributed by atoms with Crippen LogP contribution in [-0.4, -0.2) is 63.0 Å². The first-order chi connectivity index (χ1) is 12.8. The molecular weight excluding hydrogens is 326 g/mol. The average Bonchev–Trinajstić information content (AvgIpc) is 3.35. The highest BCUT2D eigenvalue weighted by molar-refractivity contribution is 5.78. The molecule has 1 amide bonds. The maximum atomic E-state index is 12.7. The van der Waals surface area contributed by atoms with Crippen LogP contribution in [0.1, 0.15) is 43.1 Å². The van der Waals surface area contributed by atoms with Gasteiger partial charge in [-0.25, -0.2) is 4.98 Å². The van der Waals surface area contributed by atoms with Crippen molar-refractivity contribution in [1.82, 2.24) is 24.3 Å². The molecule has 2 aliphatic rings. The van der Waals surface area contributed by atoms with Crippen LogP contribution in [0.4, 0.5) is 0 Å². The fourth-order valence-corrected chi connectivity index (χ4v) is 4.13. The lowest BCUT2D eigenvalue weighted by Crippen LogP contribution is -2.44. The number of hydrogen-bond donors (Lipinski definition) is 0. The van der Waals surface area contributed by atoms with Gasteiger partial charge < -0.3 is 9.47 Å². The van der Waals surface area contributed by atoms with E-state index in [2.05, 4.69) is 19.4 Å². The molecule has 0 aromatic carbocycles. The number of nitrogens with zero attached hydrogens (tertiary/aromatic N) is 5. The molecule has 1 atom stereocenters. The summed E-state index contributed by atoms with van der Waals surface area (Å²) in [4.78, 5) is 26.1. The molecule has 138 valence electrons. The number of hydrogen-bond acceptors (Lipinski definition) is 4. The van der Waals surface area contributed by atoms with Crippen LogP contribution >= 0.6 is 0 Å². The van der Waals surface area contributed by atoms with Gasteiger partial charge in [-0.1, -0.05) is 6.07 Å². The Kier molecular flexibility index (Phi) is 5.29. The number of piperidine rings is 1. The summed E-state index contributed by atoms with van der Waals surface area (Å²) in [6.45, 7) is 5.11. The van der Waals surface area contributed by atoms with Gasteiger partial charge in [-0.15, -0.1) is 0 Å². The van der Waals surface area contributed by atoms with Crippen molar-refractivity contribution < 1.29 is 4.79 Å². The molecule has 4 rings (SSSR count). The van der Waals surface area contributed by atoms with Gasteiger partial charge in [0.2, 0.25) is 5.91 Å². The van der Waals surface area contributed by atoms with Gasteiger partial charge in [0.1, 0.15) is 5.82 Å². The molecule has 0 bridgehead atoms. The van der Waals surface area contributed by atoms with E-state index in [9.17, 15) is 4.79 Å². The van der Waals surface area contributed by atoms with Crippen molar-refractivity contribution in [3.63, 3.8) is 0 Å². The first-order valence-electron chi connectivity index (χ1n) is 9.70. The van der Waals surface area contributed by atoms with Crippen LogP contribution in [0.15, 0.2) is 36.8 Å². The number of imidazole rings is 1. The second kappa shape index (κ2) is 7.99. The fraction of sp³-hybridized carbons (Fsp3) is 0.550. The molecule has 2 aliphatic heterocycles. The summed E-state index contributed by atoms with van der Waals surface area (Å²) in [5.41, 5.74) is 1.03. The largest absolute Gasteiger partial charge is 0.341 e. The molecule has 26 heavy (non-hydrogen) atoms. The van der Waals surface area contributed by atoms with Gasteiger partial charge in [0.25, 0.3) is 0 Å². The van der Waals surface area contributed by atoms with Crippen LogP contribution in [-0.2, 0) is 11.3 Å². The number of likely N-dealkylation sites (tertiary alicyclic amines) is 2. The van der Waals surface area contributed by atoms with Gasteiger partial charge in [-0.3, -0.25) is 14.7 Å². The Morgan fingerprint density at radius 1 is 1.08 bits per heavy atom. The summed E-state index contributed by atoms with van der Waals surface area (Å²) >= 11 is 0. The van der Waals surface area contributed by atoms with Gasteiger partial charge in [-0.2, -0.15) is 0 Å². The Morgan fingerprint density at radius 3 is 2.77 bits per heavy atom. The van der Waals surface area contributed by atoms with E-state index in [1.807, 2.05) is 41.7 Å². The third-order valence-corrected chi connectivity index (χ3v) is 5.50. The molecule has 6 nitrogen and oxygen atoms in total. The van der Waals surface area contributed by atoms with Crippen molar-refractivity contribution in [2.75, 3.05) is 32.7 Å². The third-order valence-electron chi connectivity index (χ3n) is 5.50. The van der Waals surface area contributed by atoms with E-state index in [-0.39, 0.29) is 5.91 Å². The Hall–Kier alpha value is -2.21. The molecule has 0 N–H and O–H groups in total. The number of aromatic nitrogens is 3. The summed E-state index contributed by atoms with van der Waals surface area (Å²) in [6.07, 6.45) is 10.3. The van der Waals surface area contributed by atoms with E-state index in [0.717, 1.165) is 57.1 Å². The average molecular weight is 353 g/mol. The maximum absolute atomic E-state index is 12.7. The second-order valence-corrected chi connectivity index (χ2v) is 7.40. The van der Waals surface area contributed by atoms with Crippen LogP contribution in [0.2, 0.25) is 0 Å². The van der Waals surface area contributed by atoms with Gasteiger partial charge in [0.15, 0.2) is 0 Å². The summed E-state index contributed by atoms with van der Waals surface area (Å²) in [5, 5.41) is 0. The minimum absolute atomic E-state index is 0.277. The van der Waals surface area contributed by atoms with Gasteiger partial charge in [-0.05, 0) is 50.9 Å². The van der Waals surface area contributed by atoms with Crippen LogP contribution in [0.3, 0.4) is 0 Å². The highest BCUT2D eigenvalue weighted by Gasteiger charge is 2.28. The van der Waals surface area contributed by atoms with E-state index in [0.29, 0.717) is 12.5 Å². The van der Waals surface area contributed by atoms with Crippen molar-refractivity contribution in [1.29, 1.82) is 0 Å². The number of carbonyl (C=O) groups excluding carboxylic acids is 1.